The van der Waals surface area contributed by atoms with Crippen LogP contribution in [-0.2, 0) is 14.4 Å². The van der Waals surface area contributed by atoms with Gasteiger partial charge in [-0.2, -0.15) is 0 Å². The molecule has 2 amide bonds. The van der Waals surface area contributed by atoms with Gasteiger partial charge < -0.3 is 20.1 Å². The van der Waals surface area contributed by atoms with Crippen molar-refractivity contribution in [3.63, 3.8) is 0 Å². The van der Waals surface area contributed by atoms with Crippen molar-refractivity contribution in [2.75, 3.05) is 23.9 Å². The Morgan fingerprint density at radius 1 is 1.35 bits per heavy atom. The van der Waals surface area contributed by atoms with Crippen LogP contribution in [0.3, 0.4) is 0 Å². The molecule has 23 heavy (non-hydrogen) atoms. The van der Waals surface area contributed by atoms with Gasteiger partial charge in [-0.25, -0.2) is 0 Å². The summed E-state index contributed by atoms with van der Waals surface area (Å²) in [7, 11) is 1.66. The minimum atomic E-state index is -0.955. The third-order valence-corrected chi connectivity index (χ3v) is 4.69. The number of hydrogen-bond acceptors (Lipinski definition) is 4. The monoisotopic (exact) mass is 318 g/mol. The summed E-state index contributed by atoms with van der Waals surface area (Å²) < 4.78 is 5.37. The Balaban J connectivity index is 1.76. The molecule has 2 aliphatic rings. The molecule has 122 valence electrons. The van der Waals surface area contributed by atoms with E-state index in [0.717, 1.165) is 0 Å². The van der Waals surface area contributed by atoms with Crippen molar-refractivity contribution in [3.05, 3.63) is 18.2 Å². The van der Waals surface area contributed by atoms with E-state index in [4.69, 9.17) is 9.84 Å². The number of hydrogen-bond donors (Lipinski definition) is 2. The molecule has 1 aliphatic carbocycles. The lowest BCUT2D eigenvalue weighted by Crippen LogP contribution is -2.35. The van der Waals surface area contributed by atoms with E-state index in [0.29, 0.717) is 17.1 Å². The summed E-state index contributed by atoms with van der Waals surface area (Å²) in [6, 6.07) is 5.00. The van der Waals surface area contributed by atoms with E-state index in [1.54, 1.807) is 39.1 Å². The van der Waals surface area contributed by atoms with Crippen LogP contribution in [0.2, 0.25) is 0 Å². The number of nitrogens with zero attached hydrogens (tertiary/aromatic N) is 1. The fraction of sp³-hybridized carbons (Fsp3) is 0.438. The van der Waals surface area contributed by atoms with Crippen LogP contribution in [0, 0.1) is 17.3 Å². The summed E-state index contributed by atoms with van der Waals surface area (Å²) in [5.74, 6) is -2.12. The molecule has 2 atom stereocenters. The quantitative estimate of drug-likeness (QED) is 0.876. The maximum atomic E-state index is 12.3. The molecule has 7 nitrogen and oxygen atoms in total. The van der Waals surface area contributed by atoms with Crippen LogP contribution >= 0.6 is 0 Å². The van der Waals surface area contributed by atoms with E-state index in [1.807, 2.05) is 0 Å². The molecular weight excluding hydrogens is 300 g/mol. The first-order valence-electron chi connectivity index (χ1n) is 7.30. The molecule has 1 aliphatic heterocycles. The number of anilines is 2. The number of benzene rings is 1. The highest BCUT2D eigenvalue weighted by molar-refractivity contribution is 6.01. The Labute approximate surface area is 133 Å². The number of carbonyl (C=O) groups excluding carboxylic acids is 2. The fourth-order valence-electron chi connectivity index (χ4n) is 3.16. The number of ether oxygens (including phenoxy) is 1. The number of fused-ring (bicyclic) bond motifs is 1. The van der Waals surface area contributed by atoms with Gasteiger partial charge in [0.25, 0.3) is 5.91 Å². The minimum absolute atomic E-state index is 0.0440. The third kappa shape index (κ3) is 2.42. The van der Waals surface area contributed by atoms with E-state index < -0.39 is 23.2 Å². The van der Waals surface area contributed by atoms with Crippen molar-refractivity contribution in [1.82, 2.24) is 0 Å². The number of carboxylic acid groups (broad SMARTS) is 1. The normalized spacial score (nSPS) is 24.5. The van der Waals surface area contributed by atoms with Crippen molar-refractivity contribution in [2.45, 2.75) is 13.8 Å². The van der Waals surface area contributed by atoms with Gasteiger partial charge in [0.05, 0.1) is 17.5 Å². The molecule has 1 heterocycles. The van der Waals surface area contributed by atoms with Gasteiger partial charge in [-0.15, -0.1) is 0 Å². The molecule has 0 saturated heterocycles. The summed E-state index contributed by atoms with van der Waals surface area (Å²) in [5, 5.41) is 11.9. The number of aliphatic carboxylic acids is 1. The van der Waals surface area contributed by atoms with Crippen LogP contribution in [0.5, 0.6) is 5.75 Å². The van der Waals surface area contributed by atoms with Gasteiger partial charge in [0.1, 0.15) is 5.75 Å². The lowest BCUT2D eigenvalue weighted by atomic mass is 10.1. The molecule has 0 radical (unpaired) electrons. The van der Waals surface area contributed by atoms with Crippen molar-refractivity contribution >= 4 is 29.2 Å². The average molecular weight is 318 g/mol. The molecule has 1 fully saturated rings. The Morgan fingerprint density at radius 2 is 2.04 bits per heavy atom. The first-order valence-corrected chi connectivity index (χ1v) is 7.30. The predicted molar refractivity (Wildman–Crippen MR) is 82.4 cm³/mol. The zero-order chi connectivity index (χ0) is 16.9. The molecule has 7 heteroatoms. The number of rotatable bonds is 3. The van der Waals surface area contributed by atoms with E-state index >= 15 is 0 Å². The summed E-state index contributed by atoms with van der Waals surface area (Å²) in [6.45, 7) is 3.50. The van der Waals surface area contributed by atoms with E-state index in [1.165, 1.54) is 4.90 Å². The van der Waals surface area contributed by atoms with Gasteiger partial charge in [-0.05, 0) is 17.5 Å². The van der Waals surface area contributed by atoms with Crippen LogP contribution in [0.15, 0.2) is 18.2 Å². The van der Waals surface area contributed by atoms with Gasteiger partial charge >= 0.3 is 5.97 Å². The van der Waals surface area contributed by atoms with Gasteiger partial charge in [-0.1, -0.05) is 13.8 Å². The van der Waals surface area contributed by atoms with Crippen LogP contribution < -0.4 is 15.0 Å². The predicted octanol–water partition coefficient (Wildman–Crippen LogP) is 1.34. The highest BCUT2D eigenvalue weighted by Gasteiger charge is 2.65. The first-order chi connectivity index (χ1) is 10.7. The molecule has 1 aromatic carbocycles. The number of likely N-dealkylation sites (N-methyl/N-ethyl adjacent to an activating group) is 1. The number of carboxylic acids is 1. The maximum Gasteiger partial charge on any atom is 0.307 e. The smallest absolute Gasteiger partial charge is 0.307 e. The molecule has 2 N–H and O–H groups in total. The molecule has 0 unspecified atom stereocenters. The van der Waals surface area contributed by atoms with Crippen molar-refractivity contribution in [3.8, 4) is 5.75 Å². The molecule has 0 spiro atoms. The SMILES string of the molecule is CN1C(=O)COc2cc(NC(=O)[C@@H]3[C@@H](C(=O)O)C3(C)C)ccc21. The highest BCUT2D eigenvalue weighted by atomic mass is 16.5. The van der Waals surface area contributed by atoms with E-state index in [-0.39, 0.29) is 18.4 Å². The first kappa shape index (κ1) is 15.3. The molecule has 0 bridgehead atoms. The lowest BCUT2D eigenvalue weighted by molar-refractivity contribution is -0.140. The fourth-order valence-corrected chi connectivity index (χ4v) is 3.16. The van der Waals surface area contributed by atoms with Gasteiger partial charge in [0.15, 0.2) is 6.61 Å². The van der Waals surface area contributed by atoms with Crippen LogP contribution in [0.1, 0.15) is 13.8 Å². The van der Waals surface area contributed by atoms with E-state index in [9.17, 15) is 14.4 Å². The van der Waals surface area contributed by atoms with Crippen LogP contribution in [0.4, 0.5) is 11.4 Å². The average Bonchev–Trinajstić information content (AvgIpc) is 3.06. The number of nitrogens with one attached hydrogen (secondary N) is 1. The van der Waals surface area contributed by atoms with Crippen molar-refractivity contribution < 1.29 is 24.2 Å². The highest BCUT2D eigenvalue weighted by Crippen LogP contribution is 2.58. The Hall–Kier alpha value is -2.57. The van der Waals surface area contributed by atoms with Crippen molar-refractivity contribution in [1.29, 1.82) is 0 Å². The van der Waals surface area contributed by atoms with E-state index in [2.05, 4.69) is 5.32 Å². The Bertz CT molecular complexity index is 712. The second-order valence-corrected chi connectivity index (χ2v) is 6.53. The second-order valence-electron chi connectivity index (χ2n) is 6.53. The number of carbonyl (C=O) groups is 3. The Kier molecular flexibility index (Phi) is 3.31. The summed E-state index contributed by atoms with van der Waals surface area (Å²) >= 11 is 0. The molecular formula is C16H18N2O5. The van der Waals surface area contributed by atoms with Crippen LogP contribution in [-0.4, -0.2) is 36.5 Å². The Morgan fingerprint density at radius 3 is 2.65 bits per heavy atom. The second kappa shape index (κ2) is 4.97. The largest absolute Gasteiger partial charge is 0.481 e. The van der Waals surface area contributed by atoms with Gasteiger partial charge in [-0.3, -0.25) is 14.4 Å². The van der Waals surface area contributed by atoms with Crippen molar-refractivity contribution in [2.24, 2.45) is 17.3 Å². The van der Waals surface area contributed by atoms with Gasteiger partial charge in [0.2, 0.25) is 5.91 Å². The molecule has 1 aromatic rings. The third-order valence-electron chi connectivity index (χ3n) is 4.69. The topological polar surface area (TPSA) is 95.9 Å². The molecule has 0 aromatic heterocycles. The summed E-state index contributed by atoms with van der Waals surface area (Å²) in [5.41, 5.74) is 0.602. The maximum absolute atomic E-state index is 12.3. The standard InChI is InChI=1S/C16H18N2O5/c1-16(2)12(13(16)15(21)22)14(20)17-8-4-5-9-10(6-8)23-7-11(19)18(9)3/h4-6,12-13H,7H2,1-3H3,(H,17,20)(H,21,22)/t12-,13-/m0/s1. The van der Waals surface area contributed by atoms with Crippen LogP contribution in [0.25, 0.3) is 0 Å². The zero-order valence-corrected chi connectivity index (χ0v) is 13.1. The molecule has 1 saturated carbocycles. The van der Waals surface area contributed by atoms with Gasteiger partial charge in [0, 0.05) is 18.8 Å². The summed E-state index contributed by atoms with van der Waals surface area (Å²) in [4.78, 5) is 36.5. The molecule has 3 rings (SSSR count). The minimum Gasteiger partial charge on any atom is -0.481 e. The zero-order valence-electron chi connectivity index (χ0n) is 13.1. The summed E-state index contributed by atoms with van der Waals surface area (Å²) in [6.07, 6.45) is 0. The number of amides is 2. The lowest BCUT2D eigenvalue weighted by Gasteiger charge is -2.26.